The normalized spacial score (nSPS) is 21.9. The summed E-state index contributed by atoms with van der Waals surface area (Å²) in [6, 6.07) is 4.07. The van der Waals surface area contributed by atoms with E-state index in [9.17, 15) is 4.79 Å². The predicted molar refractivity (Wildman–Crippen MR) is 102 cm³/mol. The van der Waals surface area contributed by atoms with E-state index in [1.165, 1.54) is 7.11 Å². The number of rotatable bonds is 7. The summed E-state index contributed by atoms with van der Waals surface area (Å²) in [5.41, 5.74) is 0. The molecule has 3 atom stereocenters. The molecule has 1 N–H and O–H groups in total. The Labute approximate surface area is 156 Å². The second-order valence-electron chi connectivity index (χ2n) is 6.69. The molecule has 0 aliphatic carbocycles. The van der Waals surface area contributed by atoms with Gasteiger partial charge in [0.2, 0.25) is 0 Å². The minimum atomic E-state index is -0.146. The van der Waals surface area contributed by atoms with E-state index in [0.29, 0.717) is 13.1 Å². The van der Waals surface area contributed by atoms with Gasteiger partial charge in [-0.25, -0.2) is 0 Å². The van der Waals surface area contributed by atoms with Crippen LogP contribution in [-0.4, -0.2) is 68.6 Å². The summed E-state index contributed by atoms with van der Waals surface area (Å²) in [4.78, 5) is 20.8. The molecule has 0 aromatic carbocycles. The zero-order valence-electron chi connectivity index (χ0n) is 16.6. The SMILES string of the molecule is CCN(CC)C(CNC(=NC)N1CC(C)C(C(=O)OC)C1)c1ccco1. The molecule has 0 saturated carbocycles. The smallest absolute Gasteiger partial charge is 0.310 e. The third-order valence-electron chi connectivity index (χ3n) is 5.21. The van der Waals surface area contributed by atoms with Crippen molar-refractivity contribution >= 4 is 11.9 Å². The average molecular weight is 364 g/mol. The number of hydrogen-bond donors (Lipinski definition) is 1. The topological polar surface area (TPSA) is 70.3 Å². The molecule has 1 aromatic rings. The highest BCUT2D eigenvalue weighted by molar-refractivity contribution is 5.82. The number of nitrogens with zero attached hydrogens (tertiary/aromatic N) is 3. The van der Waals surface area contributed by atoms with Crippen LogP contribution in [0.3, 0.4) is 0 Å². The third kappa shape index (κ3) is 4.58. The van der Waals surface area contributed by atoms with Gasteiger partial charge in [0.05, 0.1) is 25.3 Å². The molecule has 3 unspecified atom stereocenters. The molecule has 26 heavy (non-hydrogen) atoms. The highest BCUT2D eigenvalue weighted by Crippen LogP contribution is 2.25. The second-order valence-corrected chi connectivity index (χ2v) is 6.69. The largest absolute Gasteiger partial charge is 0.469 e. The van der Waals surface area contributed by atoms with Crippen LogP contribution >= 0.6 is 0 Å². The monoisotopic (exact) mass is 364 g/mol. The molecular formula is C19H32N4O3. The maximum absolute atomic E-state index is 11.9. The van der Waals surface area contributed by atoms with E-state index in [-0.39, 0.29) is 23.8 Å². The third-order valence-corrected chi connectivity index (χ3v) is 5.21. The van der Waals surface area contributed by atoms with Crippen LogP contribution in [0.5, 0.6) is 0 Å². The fourth-order valence-corrected chi connectivity index (χ4v) is 3.67. The quantitative estimate of drug-likeness (QED) is 0.453. The Bertz CT molecular complexity index is 584. The molecule has 0 amide bonds. The molecule has 0 bridgehead atoms. The number of aliphatic imine (C=N–C) groups is 1. The zero-order chi connectivity index (χ0) is 19.1. The first kappa shape index (κ1) is 20.3. The molecule has 1 saturated heterocycles. The van der Waals surface area contributed by atoms with Crippen molar-refractivity contribution in [2.45, 2.75) is 26.8 Å². The molecule has 7 nitrogen and oxygen atoms in total. The Morgan fingerprint density at radius 2 is 2.19 bits per heavy atom. The van der Waals surface area contributed by atoms with Gasteiger partial charge in [-0.2, -0.15) is 0 Å². The fraction of sp³-hybridized carbons (Fsp3) is 0.684. The number of likely N-dealkylation sites (tertiary alicyclic amines) is 1. The molecule has 1 aliphatic heterocycles. The van der Waals surface area contributed by atoms with Crippen molar-refractivity contribution < 1.29 is 13.9 Å². The summed E-state index contributed by atoms with van der Waals surface area (Å²) in [5.74, 6) is 1.74. The van der Waals surface area contributed by atoms with E-state index < -0.39 is 0 Å². The summed E-state index contributed by atoms with van der Waals surface area (Å²) in [5, 5.41) is 3.47. The van der Waals surface area contributed by atoms with E-state index in [1.807, 2.05) is 12.1 Å². The van der Waals surface area contributed by atoms with E-state index in [2.05, 4.69) is 40.9 Å². The minimum Gasteiger partial charge on any atom is -0.469 e. The van der Waals surface area contributed by atoms with E-state index >= 15 is 0 Å². The predicted octanol–water partition coefficient (Wildman–Crippen LogP) is 1.98. The Balaban J connectivity index is 2.04. The number of carbonyl (C=O) groups is 1. The van der Waals surface area contributed by atoms with Crippen molar-refractivity contribution in [1.29, 1.82) is 0 Å². The van der Waals surface area contributed by atoms with Crippen LogP contribution in [0, 0.1) is 11.8 Å². The van der Waals surface area contributed by atoms with Crippen LogP contribution in [0.1, 0.15) is 32.6 Å². The van der Waals surface area contributed by atoms with Gasteiger partial charge in [0.15, 0.2) is 5.96 Å². The number of carbonyl (C=O) groups excluding carboxylic acids is 1. The molecule has 1 fully saturated rings. The maximum atomic E-state index is 11.9. The van der Waals surface area contributed by atoms with Crippen LogP contribution in [0.15, 0.2) is 27.8 Å². The standard InChI is InChI=1S/C19H32N4O3/c1-6-22(7-2)16(17-9-8-10-26-17)11-21-19(20-4)23-12-14(3)15(13-23)18(24)25-5/h8-10,14-16H,6-7,11-13H2,1-5H3,(H,20,21). The summed E-state index contributed by atoms with van der Waals surface area (Å²) in [7, 11) is 3.22. The molecule has 0 radical (unpaired) electrons. The molecule has 1 aliphatic rings. The number of ether oxygens (including phenoxy) is 1. The lowest BCUT2D eigenvalue weighted by Crippen LogP contribution is -2.44. The molecule has 146 valence electrons. The fourth-order valence-electron chi connectivity index (χ4n) is 3.67. The average Bonchev–Trinajstić information content (AvgIpc) is 3.31. The van der Waals surface area contributed by atoms with Crippen LogP contribution in [0.2, 0.25) is 0 Å². The Hall–Kier alpha value is -2.02. The molecule has 2 rings (SSSR count). The molecule has 2 heterocycles. The van der Waals surface area contributed by atoms with Crippen LogP contribution in [-0.2, 0) is 9.53 Å². The van der Waals surface area contributed by atoms with Crippen molar-refractivity contribution in [2.75, 3.05) is 46.9 Å². The van der Waals surface area contributed by atoms with Crippen molar-refractivity contribution in [2.24, 2.45) is 16.8 Å². The van der Waals surface area contributed by atoms with Crippen LogP contribution in [0.4, 0.5) is 0 Å². The van der Waals surface area contributed by atoms with Crippen molar-refractivity contribution in [3.8, 4) is 0 Å². The number of esters is 1. The lowest BCUT2D eigenvalue weighted by molar-refractivity contribution is -0.145. The highest BCUT2D eigenvalue weighted by atomic mass is 16.5. The van der Waals surface area contributed by atoms with Crippen molar-refractivity contribution in [3.05, 3.63) is 24.2 Å². The van der Waals surface area contributed by atoms with Gasteiger partial charge in [0.1, 0.15) is 5.76 Å². The Morgan fingerprint density at radius 1 is 1.46 bits per heavy atom. The first-order valence-electron chi connectivity index (χ1n) is 9.36. The number of likely N-dealkylation sites (N-methyl/N-ethyl adjacent to an activating group) is 1. The van der Waals surface area contributed by atoms with E-state index in [0.717, 1.165) is 31.4 Å². The van der Waals surface area contributed by atoms with Gasteiger partial charge in [0.25, 0.3) is 0 Å². The highest BCUT2D eigenvalue weighted by Gasteiger charge is 2.37. The van der Waals surface area contributed by atoms with Gasteiger partial charge < -0.3 is 19.4 Å². The number of hydrogen-bond acceptors (Lipinski definition) is 5. The van der Waals surface area contributed by atoms with Gasteiger partial charge in [-0.1, -0.05) is 20.8 Å². The van der Waals surface area contributed by atoms with Gasteiger partial charge in [-0.15, -0.1) is 0 Å². The summed E-state index contributed by atoms with van der Waals surface area (Å²) in [6.07, 6.45) is 1.71. The number of nitrogens with one attached hydrogen (secondary N) is 1. The number of furan rings is 1. The summed E-state index contributed by atoms with van der Waals surface area (Å²) in [6.45, 7) is 10.4. The lowest BCUT2D eigenvalue weighted by atomic mass is 9.99. The number of guanidine groups is 1. The van der Waals surface area contributed by atoms with Crippen molar-refractivity contribution in [1.82, 2.24) is 15.1 Å². The van der Waals surface area contributed by atoms with E-state index in [4.69, 9.17) is 9.15 Å². The zero-order valence-corrected chi connectivity index (χ0v) is 16.6. The van der Waals surface area contributed by atoms with Crippen LogP contribution < -0.4 is 5.32 Å². The van der Waals surface area contributed by atoms with Gasteiger partial charge in [-0.3, -0.25) is 14.7 Å². The molecule has 1 aromatic heterocycles. The molecule has 7 heteroatoms. The summed E-state index contributed by atoms with van der Waals surface area (Å²) >= 11 is 0. The Morgan fingerprint density at radius 3 is 2.73 bits per heavy atom. The molecule has 0 spiro atoms. The molecular weight excluding hydrogens is 332 g/mol. The first-order valence-corrected chi connectivity index (χ1v) is 9.36. The lowest BCUT2D eigenvalue weighted by Gasteiger charge is -2.30. The van der Waals surface area contributed by atoms with Crippen molar-refractivity contribution in [3.63, 3.8) is 0 Å². The second kappa shape index (κ2) is 9.62. The minimum absolute atomic E-state index is 0.109. The maximum Gasteiger partial charge on any atom is 0.310 e. The van der Waals surface area contributed by atoms with Gasteiger partial charge in [0, 0.05) is 26.7 Å². The number of methoxy groups -OCH3 is 1. The first-order chi connectivity index (χ1) is 12.5. The van der Waals surface area contributed by atoms with Gasteiger partial charge >= 0.3 is 5.97 Å². The van der Waals surface area contributed by atoms with Gasteiger partial charge in [-0.05, 0) is 31.1 Å². The summed E-state index contributed by atoms with van der Waals surface area (Å²) < 4.78 is 10.6. The van der Waals surface area contributed by atoms with Crippen LogP contribution in [0.25, 0.3) is 0 Å². The Kier molecular flexibility index (Phi) is 7.50. The van der Waals surface area contributed by atoms with E-state index in [1.54, 1.807) is 13.3 Å².